The number of thiocarbonyl (C=S) groups is 3. The van der Waals surface area contributed by atoms with E-state index in [-0.39, 0.29) is 0 Å². The van der Waals surface area contributed by atoms with Gasteiger partial charge in [0.2, 0.25) is 0 Å². The van der Waals surface area contributed by atoms with E-state index in [1.165, 1.54) is 49.2 Å². The van der Waals surface area contributed by atoms with Crippen LogP contribution in [0.3, 0.4) is 0 Å². The van der Waals surface area contributed by atoms with Crippen LogP contribution in [0, 0.1) is 0 Å². The number of hydrogen-bond donors (Lipinski definition) is 0. The molecule has 0 rings (SSSR count). The molecule has 0 aliphatic heterocycles. The molecule has 0 aromatic carbocycles. The Bertz CT molecular complexity index is 249. The predicted molar refractivity (Wildman–Crippen MR) is 108 cm³/mol. The summed E-state index contributed by atoms with van der Waals surface area (Å²) < 4.78 is 2.67. The minimum absolute atomic E-state index is 0.831. The van der Waals surface area contributed by atoms with Crippen molar-refractivity contribution in [3.63, 3.8) is 0 Å². The molecule has 0 fully saturated rings. The van der Waals surface area contributed by atoms with Gasteiger partial charge in [0, 0.05) is 0 Å². The van der Waals surface area contributed by atoms with Crippen molar-refractivity contribution < 1.29 is 0 Å². The normalized spacial score (nSPS) is 10.3. The van der Waals surface area contributed by atoms with E-state index in [2.05, 4.69) is 13.8 Å². The van der Waals surface area contributed by atoms with E-state index in [0.717, 1.165) is 22.1 Å². The lowest BCUT2D eigenvalue weighted by Crippen LogP contribution is -1.93. The summed E-state index contributed by atoms with van der Waals surface area (Å²) in [6, 6.07) is 0. The van der Waals surface area contributed by atoms with Gasteiger partial charge in [-0.1, -0.05) is 86.9 Å². The lowest BCUT2D eigenvalue weighted by molar-refractivity contribution is 0.898. The molecule has 0 spiro atoms. The topological polar surface area (TPSA) is 0 Å². The molecule has 7 heteroatoms. The highest BCUT2D eigenvalue weighted by molar-refractivity contribution is 8.69. The molecule has 0 bridgehead atoms. The first-order valence-electron chi connectivity index (χ1n) is 5.83. The quantitative estimate of drug-likeness (QED) is 0.386. The van der Waals surface area contributed by atoms with E-state index in [4.69, 9.17) is 36.7 Å². The average Bonchev–Trinajstić information content (AvgIpc) is 2.29. The predicted octanol–water partition coefficient (Wildman–Crippen LogP) is 6.37. The molecule has 0 saturated carbocycles. The monoisotopic (exact) mass is 374 g/mol. The van der Waals surface area contributed by atoms with E-state index >= 15 is 0 Å². The summed E-state index contributed by atoms with van der Waals surface area (Å²) in [7, 11) is 0. The molecule has 0 saturated heterocycles. The highest BCUT2D eigenvalue weighted by Crippen LogP contribution is 2.29. The average molecular weight is 375 g/mol. The Morgan fingerprint density at radius 1 is 0.722 bits per heavy atom. The molecule has 0 atom stereocenters. The maximum Gasteiger partial charge on any atom is 0.116 e. The van der Waals surface area contributed by atoms with Crippen LogP contribution < -0.4 is 0 Å². The van der Waals surface area contributed by atoms with Crippen LogP contribution in [-0.2, 0) is 0 Å². The SMILES string of the molecule is CCCCSC(=S)SC(=S)SC(=S)SCCCC. The molecular formula is C11H18S7. The van der Waals surface area contributed by atoms with Crippen LogP contribution in [0.15, 0.2) is 0 Å². The molecule has 0 amide bonds. The first-order valence-corrected chi connectivity index (χ1v) is 10.7. The van der Waals surface area contributed by atoms with Gasteiger partial charge in [-0.25, -0.2) is 0 Å². The van der Waals surface area contributed by atoms with Gasteiger partial charge >= 0.3 is 0 Å². The third kappa shape index (κ3) is 12.7. The second-order valence-corrected chi connectivity index (χ2v) is 11.2. The van der Waals surface area contributed by atoms with Gasteiger partial charge in [-0.15, -0.1) is 23.5 Å². The second-order valence-electron chi connectivity index (χ2n) is 3.36. The van der Waals surface area contributed by atoms with Crippen molar-refractivity contribution >= 4 is 94.3 Å². The van der Waals surface area contributed by atoms with Crippen molar-refractivity contribution in [2.75, 3.05) is 11.5 Å². The maximum absolute atomic E-state index is 5.29. The standard InChI is InChI=1S/C11H18S7/c1-3-5-7-15-9(12)17-11(14)18-10(13)16-8-6-4-2/h3-8H2,1-2H3. The zero-order chi connectivity index (χ0) is 13.8. The summed E-state index contributed by atoms with van der Waals surface area (Å²) in [6.07, 6.45) is 4.82. The molecule has 18 heavy (non-hydrogen) atoms. The fourth-order valence-corrected chi connectivity index (χ4v) is 7.19. The van der Waals surface area contributed by atoms with Crippen molar-refractivity contribution in [2.45, 2.75) is 39.5 Å². The first-order chi connectivity index (χ1) is 8.60. The lowest BCUT2D eigenvalue weighted by Gasteiger charge is -2.05. The van der Waals surface area contributed by atoms with Crippen LogP contribution in [-0.4, -0.2) is 22.1 Å². The molecule has 104 valence electrons. The van der Waals surface area contributed by atoms with Crippen molar-refractivity contribution in [1.29, 1.82) is 0 Å². The van der Waals surface area contributed by atoms with Gasteiger partial charge in [-0.2, -0.15) is 0 Å². The van der Waals surface area contributed by atoms with Gasteiger partial charge in [0.25, 0.3) is 0 Å². The zero-order valence-electron chi connectivity index (χ0n) is 10.6. The molecule has 0 aromatic rings. The van der Waals surface area contributed by atoms with Crippen LogP contribution in [0.4, 0.5) is 0 Å². The number of unbranched alkanes of at least 4 members (excludes halogenated alkanes) is 2. The van der Waals surface area contributed by atoms with E-state index in [0.29, 0.717) is 0 Å². The van der Waals surface area contributed by atoms with Crippen LogP contribution in [0.5, 0.6) is 0 Å². The molecule has 0 unspecified atom stereocenters. The van der Waals surface area contributed by atoms with Gasteiger partial charge in [0.15, 0.2) is 0 Å². The minimum atomic E-state index is 0.831. The molecule has 0 radical (unpaired) electrons. The van der Waals surface area contributed by atoms with Crippen molar-refractivity contribution in [3.8, 4) is 0 Å². The summed E-state index contributed by atoms with van der Waals surface area (Å²) in [5.41, 5.74) is 0. The van der Waals surface area contributed by atoms with Crippen molar-refractivity contribution in [1.82, 2.24) is 0 Å². The minimum Gasteiger partial charge on any atom is -0.107 e. The van der Waals surface area contributed by atoms with Crippen LogP contribution >= 0.6 is 83.7 Å². The van der Waals surface area contributed by atoms with Crippen LogP contribution in [0.25, 0.3) is 0 Å². The Hall–Kier alpha value is 1.67. The Kier molecular flexibility index (Phi) is 14.9. The Labute approximate surface area is 144 Å². The Balaban J connectivity index is 3.68. The molecule has 0 heterocycles. The number of hydrogen-bond acceptors (Lipinski definition) is 7. The Morgan fingerprint density at radius 3 is 1.44 bits per heavy atom. The smallest absolute Gasteiger partial charge is 0.107 e. The lowest BCUT2D eigenvalue weighted by atomic mass is 10.4. The van der Waals surface area contributed by atoms with Crippen molar-refractivity contribution in [3.05, 3.63) is 0 Å². The summed E-state index contributed by atoms with van der Waals surface area (Å²) in [5.74, 6) is 2.18. The van der Waals surface area contributed by atoms with Crippen LogP contribution in [0.1, 0.15) is 39.5 Å². The zero-order valence-corrected chi connectivity index (χ0v) is 16.3. The molecule has 0 aromatic heterocycles. The molecule has 0 aliphatic rings. The summed E-state index contributed by atoms with van der Waals surface area (Å²) in [6.45, 7) is 4.37. The van der Waals surface area contributed by atoms with Gasteiger partial charge in [-0.3, -0.25) is 0 Å². The van der Waals surface area contributed by atoms with E-state index in [1.54, 1.807) is 23.5 Å². The number of rotatable bonds is 6. The number of thioether (sulfide) groups is 4. The fraction of sp³-hybridized carbons (Fsp3) is 0.727. The van der Waals surface area contributed by atoms with Gasteiger partial charge < -0.3 is 0 Å². The van der Waals surface area contributed by atoms with Gasteiger partial charge in [0.1, 0.15) is 10.6 Å². The van der Waals surface area contributed by atoms with E-state index in [1.807, 2.05) is 0 Å². The molecule has 0 aliphatic carbocycles. The molecule has 0 nitrogen and oxygen atoms in total. The molecule has 0 N–H and O–H groups in total. The summed E-state index contributed by atoms with van der Waals surface area (Å²) >= 11 is 22.3. The van der Waals surface area contributed by atoms with E-state index in [9.17, 15) is 0 Å². The first kappa shape index (κ1) is 19.7. The highest BCUT2D eigenvalue weighted by Gasteiger charge is 2.08. The third-order valence-electron chi connectivity index (χ3n) is 1.77. The summed E-state index contributed by atoms with van der Waals surface area (Å²) in [5, 5.41) is 0. The third-order valence-corrected chi connectivity index (χ3v) is 7.31. The Morgan fingerprint density at radius 2 is 1.11 bits per heavy atom. The highest BCUT2D eigenvalue weighted by atomic mass is 32.3. The summed E-state index contributed by atoms with van der Waals surface area (Å²) in [4.78, 5) is 0. The fourth-order valence-electron chi connectivity index (χ4n) is 0.816. The van der Waals surface area contributed by atoms with Gasteiger partial charge in [-0.05, 0) is 24.3 Å². The van der Waals surface area contributed by atoms with Crippen molar-refractivity contribution in [2.24, 2.45) is 0 Å². The van der Waals surface area contributed by atoms with Crippen LogP contribution in [0.2, 0.25) is 0 Å². The molecular weight excluding hydrogens is 357 g/mol. The second kappa shape index (κ2) is 13.6. The van der Waals surface area contributed by atoms with Gasteiger partial charge in [0.05, 0.1) is 0 Å². The maximum atomic E-state index is 5.29. The largest absolute Gasteiger partial charge is 0.116 e. The van der Waals surface area contributed by atoms with E-state index < -0.39 is 0 Å².